The Balaban J connectivity index is 1.69. The first-order chi connectivity index (χ1) is 12.1. The van der Waals surface area contributed by atoms with Crippen molar-refractivity contribution < 1.29 is 23.2 Å². The number of nitrogens with one attached hydrogen (secondary N) is 1. The molecular weight excluding hydrogens is 327 g/mol. The lowest BCUT2D eigenvalue weighted by atomic mass is 10.2. The van der Waals surface area contributed by atoms with E-state index < -0.39 is 11.7 Å². The predicted molar refractivity (Wildman–Crippen MR) is 88.3 cm³/mol. The molecule has 0 saturated carbocycles. The van der Waals surface area contributed by atoms with Gasteiger partial charge in [0.15, 0.2) is 18.2 Å². The van der Waals surface area contributed by atoms with Crippen molar-refractivity contribution in [2.45, 2.75) is 6.92 Å². The minimum Gasteiger partial charge on any atom is -0.465 e. The average Bonchev–Trinajstić information content (AvgIpc) is 3.02. The van der Waals surface area contributed by atoms with Gasteiger partial charge in [-0.3, -0.25) is 4.79 Å². The zero-order valence-electron chi connectivity index (χ0n) is 13.4. The molecule has 6 nitrogen and oxygen atoms in total. The van der Waals surface area contributed by atoms with Crippen LogP contribution in [0.1, 0.15) is 5.76 Å². The van der Waals surface area contributed by atoms with E-state index in [1.54, 1.807) is 43.3 Å². The zero-order chi connectivity index (χ0) is 17.6. The number of hydrogen-bond donors (Lipinski definition) is 1. The fraction of sp³-hybridized carbons (Fsp3) is 0.111. The molecule has 1 N–H and O–H groups in total. The summed E-state index contributed by atoms with van der Waals surface area (Å²) in [6.45, 7) is 1.36. The molecule has 1 aromatic heterocycles. The number of aryl methyl sites for hydroxylation is 1. The van der Waals surface area contributed by atoms with Crippen molar-refractivity contribution >= 4 is 11.6 Å². The molecule has 0 fully saturated rings. The van der Waals surface area contributed by atoms with Gasteiger partial charge >= 0.3 is 0 Å². The summed E-state index contributed by atoms with van der Waals surface area (Å²) in [5, 5.41) is 6.06. The van der Waals surface area contributed by atoms with E-state index in [1.165, 1.54) is 12.1 Å². The third-order valence-corrected chi connectivity index (χ3v) is 3.17. The molecule has 0 spiro atoms. The minimum absolute atomic E-state index is 0.0590. The van der Waals surface area contributed by atoms with Crippen molar-refractivity contribution in [3.8, 4) is 17.4 Å². The van der Waals surface area contributed by atoms with Crippen LogP contribution in [0.5, 0.6) is 17.4 Å². The van der Waals surface area contributed by atoms with E-state index in [0.29, 0.717) is 11.5 Å². The Morgan fingerprint density at radius 1 is 1.20 bits per heavy atom. The minimum atomic E-state index is -0.612. The van der Waals surface area contributed by atoms with Crippen LogP contribution in [0.4, 0.5) is 10.1 Å². The van der Waals surface area contributed by atoms with E-state index in [4.69, 9.17) is 14.0 Å². The summed E-state index contributed by atoms with van der Waals surface area (Å²) in [7, 11) is 0. The number of para-hydroxylation sites is 2. The first kappa shape index (κ1) is 16.5. The Labute approximate surface area is 143 Å². The molecule has 0 aliphatic rings. The number of rotatable bonds is 6. The lowest BCUT2D eigenvalue weighted by Crippen LogP contribution is -2.21. The van der Waals surface area contributed by atoms with Gasteiger partial charge in [0.05, 0.1) is 0 Å². The Morgan fingerprint density at radius 3 is 2.72 bits per heavy atom. The van der Waals surface area contributed by atoms with Crippen molar-refractivity contribution in [3.63, 3.8) is 0 Å². The van der Waals surface area contributed by atoms with Crippen molar-refractivity contribution in [2.75, 3.05) is 11.9 Å². The highest BCUT2D eigenvalue weighted by Gasteiger charge is 2.15. The third kappa shape index (κ3) is 4.35. The Kier molecular flexibility index (Phi) is 4.94. The van der Waals surface area contributed by atoms with E-state index >= 15 is 0 Å². The Hall–Kier alpha value is -3.35. The maximum Gasteiger partial charge on any atom is 0.262 e. The fourth-order valence-corrected chi connectivity index (χ4v) is 2.05. The molecule has 0 radical (unpaired) electrons. The number of aromatic nitrogens is 1. The standard InChI is InChI=1S/C18H15FN2O4/c1-12-10-17(21-25-12)23-11-16(22)20-18-14(19)8-5-9-15(18)24-13-6-3-2-4-7-13/h2-10H,11H2,1H3,(H,20,22). The van der Waals surface area contributed by atoms with Gasteiger partial charge in [0.25, 0.3) is 11.8 Å². The van der Waals surface area contributed by atoms with Gasteiger partial charge in [-0.05, 0) is 36.3 Å². The number of amides is 1. The summed E-state index contributed by atoms with van der Waals surface area (Å²) in [5.41, 5.74) is -0.0590. The number of carbonyl (C=O) groups is 1. The monoisotopic (exact) mass is 342 g/mol. The van der Waals surface area contributed by atoms with E-state index in [0.717, 1.165) is 0 Å². The van der Waals surface area contributed by atoms with Crippen LogP contribution < -0.4 is 14.8 Å². The van der Waals surface area contributed by atoms with Crippen molar-refractivity contribution in [2.24, 2.45) is 0 Å². The smallest absolute Gasteiger partial charge is 0.262 e. The topological polar surface area (TPSA) is 73.6 Å². The highest BCUT2D eigenvalue weighted by molar-refractivity contribution is 5.93. The molecule has 0 saturated heterocycles. The van der Waals surface area contributed by atoms with Crippen LogP contribution >= 0.6 is 0 Å². The summed E-state index contributed by atoms with van der Waals surface area (Å²) in [5.74, 6) is 0.294. The molecule has 0 unspecified atom stereocenters. The molecule has 2 aromatic carbocycles. The number of benzene rings is 2. The molecule has 0 aliphatic carbocycles. The molecular formula is C18H15FN2O4. The number of hydrogen-bond acceptors (Lipinski definition) is 5. The van der Waals surface area contributed by atoms with Crippen LogP contribution in [0, 0.1) is 12.7 Å². The van der Waals surface area contributed by atoms with E-state index in [2.05, 4.69) is 10.5 Å². The molecule has 3 aromatic rings. The van der Waals surface area contributed by atoms with Gasteiger partial charge in [0, 0.05) is 6.07 Å². The summed E-state index contributed by atoms with van der Waals surface area (Å²) in [4.78, 5) is 12.0. The SMILES string of the molecule is Cc1cc(OCC(=O)Nc2c(F)cccc2Oc2ccccc2)no1. The second kappa shape index (κ2) is 7.48. The number of halogens is 1. The van der Waals surface area contributed by atoms with Gasteiger partial charge in [-0.2, -0.15) is 0 Å². The van der Waals surface area contributed by atoms with Crippen LogP contribution in [0.3, 0.4) is 0 Å². The van der Waals surface area contributed by atoms with Crippen molar-refractivity contribution in [1.82, 2.24) is 5.16 Å². The molecule has 0 bridgehead atoms. The molecule has 25 heavy (non-hydrogen) atoms. The Morgan fingerprint density at radius 2 is 2.00 bits per heavy atom. The lowest BCUT2D eigenvalue weighted by molar-refractivity contribution is -0.118. The quantitative estimate of drug-likeness (QED) is 0.735. The molecule has 1 amide bonds. The van der Waals surface area contributed by atoms with E-state index in [-0.39, 0.29) is 23.9 Å². The molecule has 128 valence electrons. The predicted octanol–water partition coefficient (Wildman–Crippen LogP) is 3.93. The van der Waals surface area contributed by atoms with Crippen LogP contribution in [0.2, 0.25) is 0 Å². The first-order valence-corrected chi connectivity index (χ1v) is 7.49. The second-order valence-electron chi connectivity index (χ2n) is 5.14. The molecule has 0 aliphatic heterocycles. The van der Waals surface area contributed by atoms with Crippen LogP contribution in [0.15, 0.2) is 59.1 Å². The van der Waals surface area contributed by atoms with Crippen molar-refractivity contribution in [3.05, 3.63) is 66.2 Å². The average molecular weight is 342 g/mol. The fourth-order valence-electron chi connectivity index (χ4n) is 2.05. The maximum atomic E-state index is 14.1. The highest BCUT2D eigenvalue weighted by atomic mass is 19.1. The number of ether oxygens (including phenoxy) is 2. The number of anilines is 1. The summed E-state index contributed by atoms with van der Waals surface area (Å²) in [6.07, 6.45) is 0. The molecule has 3 rings (SSSR count). The van der Waals surface area contributed by atoms with Gasteiger partial charge in [-0.25, -0.2) is 4.39 Å². The van der Waals surface area contributed by atoms with Gasteiger partial charge in [-0.1, -0.05) is 24.3 Å². The lowest BCUT2D eigenvalue weighted by Gasteiger charge is -2.13. The van der Waals surface area contributed by atoms with Gasteiger partial charge in [0.1, 0.15) is 17.2 Å². The Bertz CT molecular complexity index is 865. The summed E-state index contributed by atoms with van der Waals surface area (Å²) in [6, 6.07) is 14.7. The van der Waals surface area contributed by atoms with Gasteiger partial charge in [0.2, 0.25) is 0 Å². The van der Waals surface area contributed by atoms with Crippen LogP contribution in [-0.2, 0) is 4.79 Å². The van der Waals surface area contributed by atoms with Crippen molar-refractivity contribution in [1.29, 1.82) is 0 Å². The first-order valence-electron chi connectivity index (χ1n) is 7.49. The van der Waals surface area contributed by atoms with Gasteiger partial charge < -0.3 is 19.3 Å². The van der Waals surface area contributed by atoms with Crippen LogP contribution in [0.25, 0.3) is 0 Å². The normalized spacial score (nSPS) is 10.3. The third-order valence-electron chi connectivity index (χ3n) is 3.17. The van der Waals surface area contributed by atoms with Gasteiger partial charge in [-0.15, -0.1) is 0 Å². The molecule has 0 atom stereocenters. The largest absolute Gasteiger partial charge is 0.465 e. The molecule has 7 heteroatoms. The van der Waals surface area contributed by atoms with Crippen LogP contribution in [-0.4, -0.2) is 17.7 Å². The number of nitrogens with zero attached hydrogens (tertiary/aromatic N) is 1. The van der Waals surface area contributed by atoms with E-state index in [9.17, 15) is 9.18 Å². The molecule has 1 heterocycles. The summed E-state index contributed by atoms with van der Waals surface area (Å²) < 4.78 is 29.8. The second-order valence-corrected chi connectivity index (χ2v) is 5.14. The summed E-state index contributed by atoms with van der Waals surface area (Å²) >= 11 is 0. The number of carbonyl (C=O) groups excluding carboxylic acids is 1. The highest BCUT2D eigenvalue weighted by Crippen LogP contribution is 2.31. The zero-order valence-corrected chi connectivity index (χ0v) is 13.4. The van der Waals surface area contributed by atoms with E-state index in [1.807, 2.05) is 6.07 Å². The maximum absolute atomic E-state index is 14.1.